The van der Waals surface area contributed by atoms with Crippen molar-refractivity contribution >= 4 is 18.3 Å². The fraction of sp³-hybridized carbons (Fsp3) is 0.650. The Morgan fingerprint density at radius 3 is 2.33 bits per heavy atom. The molecule has 2 saturated heterocycles. The SMILES string of the molecule is Cc1ccc(C(C)(C)CC(=O)N2CCC3(CCNC3)CC2)cc1.Cl. The Balaban J connectivity index is 0.00000208. The van der Waals surface area contributed by atoms with Gasteiger partial charge in [-0.3, -0.25) is 4.79 Å². The zero-order valence-corrected chi connectivity index (χ0v) is 16.0. The Bertz CT molecular complexity index is 552. The molecule has 1 aromatic rings. The first kappa shape index (κ1) is 19.3. The van der Waals surface area contributed by atoms with E-state index in [2.05, 4.69) is 55.3 Å². The Morgan fingerprint density at radius 1 is 1.17 bits per heavy atom. The third-order valence-electron chi connectivity index (χ3n) is 5.94. The lowest BCUT2D eigenvalue weighted by atomic mass is 9.77. The number of rotatable bonds is 3. The van der Waals surface area contributed by atoms with Crippen LogP contribution in [0.2, 0.25) is 0 Å². The van der Waals surface area contributed by atoms with E-state index < -0.39 is 0 Å². The normalized spacial score (nSPS) is 20.0. The van der Waals surface area contributed by atoms with E-state index in [1.807, 2.05) is 0 Å². The summed E-state index contributed by atoms with van der Waals surface area (Å²) in [5, 5.41) is 3.49. The first-order valence-electron chi connectivity index (χ1n) is 8.96. The summed E-state index contributed by atoms with van der Waals surface area (Å²) in [6.45, 7) is 10.6. The van der Waals surface area contributed by atoms with Gasteiger partial charge in [0.25, 0.3) is 0 Å². The van der Waals surface area contributed by atoms with Crippen molar-refractivity contribution < 1.29 is 4.79 Å². The molecule has 0 radical (unpaired) electrons. The predicted molar refractivity (Wildman–Crippen MR) is 102 cm³/mol. The van der Waals surface area contributed by atoms with E-state index in [4.69, 9.17) is 0 Å². The summed E-state index contributed by atoms with van der Waals surface area (Å²) < 4.78 is 0. The summed E-state index contributed by atoms with van der Waals surface area (Å²) in [4.78, 5) is 14.9. The van der Waals surface area contributed by atoms with Gasteiger partial charge < -0.3 is 10.2 Å². The number of aryl methyl sites for hydroxylation is 1. The van der Waals surface area contributed by atoms with E-state index in [0.29, 0.717) is 17.7 Å². The molecule has 0 aliphatic carbocycles. The summed E-state index contributed by atoms with van der Waals surface area (Å²) in [7, 11) is 0. The molecule has 0 aromatic heterocycles. The van der Waals surface area contributed by atoms with Crippen LogP contribution < -0.4 is 5.32 Å². The molecule has 134 valence electrons. The molecule has 0 saturated carbocycles. The van der Waals surface area contributed by atoms with Crippen molar-refractivity contribution in [3.8, 4) is 0 Å². The Labute approximate surface area is 152 Å². The van der Waals surface area contributed by atoms with Crippen LogP contribution in [-0.2, 0) is 10.2 Å². The van der Waals surface area contributed by atoms with Gasteiger partial charge in [-0.2, -0.15) is 0 Å². The second kappa shape index (κ2) is 7.45. The highest BCUT2D eigenvalue weighted by Gasteiger charge is 2.38. The number of halogens is 1. The van der Waals surface area contributed by atoms with E-state index in [9.17, 15) is 4.79 Å². The maximum absolute atomic E-state index is 12.8. The maximum atomic E-state index is 12.8. The topological polar surface area (TPSA) is 32.3 Å². The molecule has 2 fully saturated rings. The molecule has 0 atom stereocenters. The molecule has 1 amide bonds. The number of carbonyl (C=O) groups excluding carboxylic acids is 1. The zero-order chi connectivity index (χ0) is 16.5. The van der Waals surface area contributed by atoms with Gasteiger partial charge in [0.1, 0.15) is 0 Å². The lowest BCUT2D eigenvalue weighted by Gasteiger charge is -2.40. The van der Waals surface area contributed by atoms with E-state index in [1.54, 1.807) is 0 Å². The molecule has 24 heavy (non-hydrogen) atoms. The lowest BCUT2D eigenvalue weighted by Crippen LogP contribution is -2.45. The van der Waals surface area contributed by atoms with Crippen LogP contribution in [0, 0.1) is 12.3 Å². The van der Waals surface area contributed by atoms with Crippen molar-refractivity contribution in [1.82, 2.24) is 10.2 Å². The van der Waals surface area contributed by atoms with E-state index >= 15 is 0 Å². The molecule has 2 heterocycles. The van der Waals surface area contributed by atoms with Crippen LogP contribution >= 0.6 is 12.4 Å². The van der Waals surface area contributed by atoms with Crippen molar-refractivity contribution in [3.63, 3.8) is 0 Å². The third-order valence-corrected chi connectivity index (χ3v) is 5.94. The molecular formula is C20H31ClN2O. The highest BCUT2D eigenvalue weighted by molar-refractivity contribution is 5.85. The van der Waals surface area contributed by atoms with Gasteiger partial charge >= 0.3 is 0 Å². The molecule has 0 bridgehead atoms. The lowest BCUT2D eigenvalue weighted by molar-refractivity contribution is -0.134. The van der Waals surface area contributed by atoms with Gasteiger partial charge in [0.2, 0.25) is 5.91 Å². The molecule has 1 spiro atoms. The standard InChI is InChI=1S/C20H30N2O.ClH/c1-16-4-6-17(7-5-16)19(2,3)14-18(23)22-12-9-20(10-13-22)8-11-21-15-20;/h4-7,21H,8-15H2,1-3H3;1H. The molecule has 3 nitrogen and oxygen atoms in total. The van der Waals surface area contributed by atoms with Gasteiger partial charge in [-0.05, 0) is 49.1 Å². The maximum Gasteiger partial charge on any atom is 0.223 e. The molecule has 1 N–H and O–H groups in total. The van der Waals surface area contributed by atoms with E-state index in [-0.39, 0.29) is 17.8 Å². The summed E-state index contributed by atoms with van der Waals surface area (Å²) in [6.07, 6.45) is 4.21. The number of nitrogens with zero attached hydrogens (tertiary/aromatic N) is 1. The van der Waals surface area contributed by atoms with E-state index in [0.717, 1.165) is 39.0 Å². The molecule has 1 aromatic carbocycles. The second-order valence-electron chi connectivity index (χ2n) is 8.23. The highest BCUT2D eigenvalue weighted by Crippen LogP contribution is 2.37. The number of nitrogens with one attached hydrogen (secondary N) is 1. The molecule has 2 aliphatic heterocycles. The van der Waals surface area contributed by atoms with Crippen LogP contribution in [0.3, 0.4) is 0 Å². The van der Waals surface area contributed by atoms with Crippen LogP contribution in [0.1, 0.15) is 50.7 Å². The fourth-order valence-electron chi connectivity index (χ4n) is 4.05. The minimum Gasteiger partial charge on any atom is -0.343 e. The van der Waals surface area contributed by atoms with Crippen LogP contribution in [0.25, 0.3) is 0 Å². The van der Waals surface area contributed by atoms with Gasteiger partial charge in [0.15, 0.2) is 0 Å². The van der Waals surface area contributed by atoms with Gasteiger partial charge in [-0.25, -0.2) is 0 Å². The summed E-state index contributed by atoms with van der Waals surface area (Å²) in [5.74, 6) is 0.316. The minimum atomic E-state index is -0.102. The molecule has 3 rings (SSSR count). The highest BCUT2D eigenvalue weighted by atomic mass is 35.5. The summed E-state index contributed by atoms with van der Waals surface area (Å²) in [6, 6.07) is 8.61. The quantitative estimate of drug-likeness (QED) is 0.901. The fourth-order valence-corrected chi connectivity index (χ4v) is 4.05. The van der Waals surface area contributed by atoms with Crippen molar-refractivity contribution in [2.75, 3.05) is 26.2 Å². The van der Waals surface area contributed by atoms with Gasteiger partial charge in [0.05, 0.1) is 0 Å². The number of likely N-dealkylation sites (tertiary alicyclic amines) is 1. The van der Waals surface area contributed by atoms with Crippen molar-refractivity contribution in [2.24, 2.45) is 5.41 Å². The van der Waals surface area contributed by atoms with Crippen LogP contribution in [-0.4, -0.2) is 37.0 Å². The summed E-state index contributed by atoms with van der Waals surface area (Å²) in [5.41, 5.74) is 2.89. The second-order valence-corrected chi connectivity index (χ2v) is 8.23. The zero-order valence-electron chi connectivity index (χ0n) is 15.2. The smallest absolute Gasteiger partial charge is 0.223 e. The first-order chi connectivity index (χ1) is 10.9. The number of amides is 1. The Morgan fingerprint density at radius 2 is 1.79 bits per heavy atom. The molecule has 0 unspecified atom stereocenters. The van der Waals surface area contributed by atoms with Crippen molar-refractivity contribution in [1.29, 1.82) is 0 Å². The monoisotopic (exact) mass is 350 g/mol. The number of carbonyl (C=O) groups is 1. The average Bonchev–Trinajstić information content (AvgIpc) is 2.96. The van der Waals surface area contributed by atoms with Gasteiger partial charge in [-0.1, -0.05) is 43.7 Å². The number of hydrogen-bond donors (Lipinski definition) is 1. The van der Waals surface area contributed by atoms with E-state index in [1.165, 1.54) is 17.5 Å². The van der Waals surface area contributed by atoms with Crippen LogP contribution in [0.4, 0.5) is 0 Å². The van der Waals surface area contributed by atoms with Gasteiger partial charge in [-0.15, -0.1) is 12.4 Å². The Kier molecular flexibility index (Phi) is 5.98. The van der Waals surface area contributed by atoms with Crippen LogP contribution in [0.5, 0.6) is 0 Å². The number of piperidine rings is 1. The largest absolute Gasteiger partial charge is 0.343 e. The number of benzene rings is 1. The minimum absolute atomic E-state index is 0. The first-order valence-corrected chi connectivity index (χ1v) is 8.96. The molecule has 2 aliphatic rings. The van der Waals surface area contributed by atoms with Crippen molar-refractivity contribution in [3.05, 3.63) is 35.4 Å². The third kappa shape index (κ3) is 4.12. The molecule has 4 heteroatoms. The molecular weight excluding hydrogens is 320 g/mol. The summed E-state index contributed by atoms with van der Waals surface area (Å²) >= 11 is 0. The number of hydrogen-bond acceptors (Lipinski definition) is 2. The van der Waals surface area contributed by atoms with Crippen molar-refractivity contribution in [2.45, 2.75) is 51.9 Å². The Hall–Kier alpha value is -1.06. The van der Waals surface area contributed by atoms with Crippen LogP contribution in [0.15, 0.2) is 24.3 Å². The predicted octanol–water partition coefficient (Wildman–Crippen LogP) is 3.69. The van der Waals surface area contributed by atoms with Gasteiger partial charge in [0, 0.05) is 26.1 Å². The average molecular weight is 351 g/mol.